The summed E-state index contributed by atoms with van der Waals surface area (Å²) in [5.74, 6) is -0.702. The molecule has 0 fully saturated rings. The van der Waals surface area contributed by atoms with E-state index in [9.17, 15) is 9.18 Å². The first kappa shape index (κ1) is 18.4. The third-order valence-corrected chi connectivity index (χ3v) is 4.85. The van der Waals surface area contributed by atoms with Crippen molar-refractivity contribution >= 4 is 5.97 Å². The van der Waals surface area contributed by atoms with Crippen molar-refractivity contribution in [1.29, 1.82) is 0 Å². The van der Waals surface area contributed by atoms with Crippen LogP contribution >= 0.6 is 0 Å². The molecule has 0 aliphatic carbocycles. The summed E-state index contributed by atoms with van der Waals surface area (Å²) in [7, 11) is 0. The summed E-state index contributed by atoms with van der Waals surface area (Å²) in [4.78, 5) is 13.3. The second kappa shape index (κ2) is 7.87. The maximum absolute atomic E-state index is 13.6. The summed E-state index contributed by atoms with van der Waals surface area (Å²) >= 11 is 0. The van der Waals surface area contributed by atoms with Gasteiger partial charge in [-0.1, -0.05) is 25.1 Å². The monoisotopic (exact) mass is 357 g/mol. The lowest BCUT2D eigenvalue weighted by Crippen LogP contribution is -2.25. The minimum Gasteiger partial charge on any atom is -0.492 e. The molecule has 2 aromatic rings. The maximum atomic E-state index is 13.6. The van der Waals surface area contributed by atoms with Crippen LogP contribution in [0.5, 0.6) is 5.75 Å². The lowest BCUT2D eigenvalue weighted by atomic mass is 9.97. The minimum absolute atomic E-state index is 0.255. The highest BCUT2D eigenvalue weighted by Gasteiger charge is 2.18. The SMILES string of the molecule is Cc1ccc(CC(C)C(=O)O)cc1CN1CCOc2ccc(F)cc2C1. The number of benzene rings is 2. The van der Waals surface area contributed by atoms with Gasteiger partial charge < -0.3 is 9.84 Å². The van der Waals surface area contributed by atoms with Crippen LogP contribution in [0, 0.1) is 18.7 Å². The zero-order valence-corrected chi connectivity index (χ0v) is 15.2. The molecule has 4 nitrogen and oxygen atoms in total. The molecule has 1 N–H and O–H groups in total. The second-order valence-electron chi connectivity index (χ2n) is 7.02. The molecular weight excluding hydrogens is 333 g/mol. The van der Waals surface area contributed by atoms with Crippen molar-refractivity contribution < 1.29 is 19.0 Å². The molecule has 1 unspecified atom stereocenters. The Morgan fingerprint density at radius 1 is 1.31 bits per heavy atom. The molecule has 0 radical (unpaired) electrons. The number of aliphatic carboxylic acids is 1. The zero-order chi connectivity index (χ0) is 18.7. The maximum Gasteiger partial charge on any atom is 0.306 e. The minimum atomic E-state index is -0.782. The van der Waals surface area contributed by atoms with Crippen molar-refractivity contribution in [3.8, 4) is 5.75 Å². The van der Waals surface area contributed by atoms with E-state index in [0.717, 1.165) is 30.0 Å². The van der Waals surface area contributed by atoms with Crippen molar-refractivity contribution in [2.45, 2.75) is 33.4 Å². The van der Waals surface area contributed by atoms with E-state index in [-0.39, 0.29) is 5.82 Å². The van der Waals surface area contributed by atoms with Crippen LogP contribution in [0.3, 0.4) is 0 Å². The topological polar surface area (TPSA) is 49.8 Å². The summed E-state index contributed by atoms with van der Waals surface area (Å²) in [6.07, 6.45) is 0.514. The third-order valence-electron chi connectivity index (χ3n) is 4.85. The number of carboxylic acids is 1. The van der Waals surface area contributed by atoms with E-state index in [1.807, 2.05) is 12.1 Å². The van der Waals surface area contributed by atoms with E-state index in [1.54, 1.807) is 13.0 Å². The Morgan fingerprint density at radius 2 is 2.12 bits per heavy atom. The van der Waals surface area contributed by atoms with Crippen LogP contribution in [-0.4, -0.2) is 29.1 Å². The Kier molecular flexibility index (Phi) is 5.57. The zero-order valence-electron chi connectivity index (χ0n) is 15.2. The summed E-state index contributed by atoms with van der Waals surface area (Å²) in [5, 5.41) is 9.12. The van der Waals surface area contributed by atoms with Crippen molar-refractivity contribution in [3.05, 3.63) is 64.5 Å². The number of ether oxygens (including phenoxy) is 1. The third kappa shape index (κ3) is 4.41. The molecule has 1 aliphatic heterocycles. The Bertz CT molecular complexity index is 806. The first-order valence-corrected chi connectivity index (χ1v) is 8.87. The summed E-state index contributed by atoms with van der Waals surface area (Å²) in [6, 6.07) is 10.8. The van der Waals surface area contributed by atoms with Gasteiger partial charge in [-0.25, -0.2) is 4.39 Å². The van der Waals surface area contributed by atoms with Crippen molar-refractivity contribution in [2.75, 3.05) is 13.2 Å². The molecule has 0 saturated heterocycles. The molecule has 0 spiro atoms. The van der Waals surface area contributed by atoms with Crippen molar-refractivity contribution in [1.82, 2.24) is 4.90 Å². The highest BCUT2D eigenvalue weighted by atomic mass is 19.1. The van der Waals surface area contributed by atoms with Crippen LogP contribution < -0.4 is 4.74 Å². The molecule has 1 heterocycles. The van der Waals surface area contributed by atoms with Gasteiger partial charge in [0.1, 0.15) is 18.2 Å². The molecule has 5 heteroatoms. The van der Waals surface area contributed by atoms with Crippen LogP contribution in [0.4, 0.5) is 4.39 Å². The van der Waals surface area contributed by atoms with Gasteiger partial charge >= 0.3 is 5.97 Å². The normalized spacial score (nSPS) is 15.7. The highest BCUT2D eigenvalue weighted by molar-refractivity contribution is 5.69. The van der Waals surface area contributed by atoms with Crippen LogP contribution in [0.1, 0.15) is 29.2 Å². The number of fused-ring (bicyclic) bond motifs is 1. The van der Waals surface area contributed by atoms with Gasteiger partial charge in [-0.2, -0.15) is 0 Å². The molecule has 0 aromatic heterocycles. The van der Waals surface area contributed by atoms with Gasteiger partial charge in [-0.05, 0) is 48.2 Å². The number of carbonyl (C=O) groups is 1. The van der Waals surface area contributed by atoms with Gasteiger partial charge in [-0.3, -0.25) is 9.69 Å². The predicted molar refractivity (Wildman–Crippen MR) is 97.7 cm³/mol. The van der Waals surface area contributed by atoms with Crippen LogP contribution in [0.2, 0.25) is 0 Å². The van der Waals surface area contributed by atoms with Gasteiger partial charge in [0.05, 0.1) is 5.92 Å². The quantitative estimate of drug-likeness (QED) is 0.884. The van der Waals surface area contributed by atoms with E-state index in [1.165, 1.54) is 23.3 Å². The van der Waals surface area contributed by atoms with Gasteiger partial charge in [0.25, 0.3) is 0 Å². The average molecular weight is 357 g/mol. The van der Waals surface area contributed by atoms with Gasteiger partial charge in [0.15, 0.2) is 0 Å². The average Bonchev–Trinajstić information content (AvgIpc) is 2.78. The molecule has 0 amide bonds. The fourth-order valence-corrected chi connectivity index (χ4v) is 3.26. The van der Waals surface area contributed by atoms with Crippen LogP contribution in [0.25, 0.3) is 0 Å². The lowest BCUT2D eigenvalue weighted by molar-refractivity contribution is -0.141. The first-order valence-electron chi connectivity index (χ1n) is 8.87. The second-order valence-corrected chi connectivity index (χ2v) is 7.02. The van der Waals surface area contributed by atoms with E-state index >= 15 is 0 Å². The molecule has 0 bridgehead atoms. The Hall–Kier alpha value is -2.40. The highest BCUT2D eigenvalue weighted by Crippen LogP contribution is 2.25. The van der Waals surface area contributed by atoms with Crippen LogP contribution in [0.15, 0.2) is 36.4 Å². The van der Waals surface area contributed by atoms with E-state index < -0.39 is 11.9 Å². The van der Waals surface area contributed by atoms with Gasteiger partial charge in [0, 0.05) is 25.2 Å². The molecule has 26 heavy (non-hydrogen) atoms. The smallest absolute Gasteiger partial charge is 0.306 e. The van der Waals surface area contributed by atoms with Crippen molar-refractivity contribution in [2.24, 2.45) is 5.92 Å². The van der Waals surface area contributed by atoms with E-state index in [2.05, 4.69) is 17.9 Å². The Labute approximate surface area is 153 Å². The molecule has 2 aromatic carbocycles. The fourth-order valence-electron chi connectivity index (χ4n) is 3.26. The van der Waals surface area contributed by atoms with Crippen LogP contribution in [-0.2, 0) is 24.3 Å². The number of hydrogen-bond donors (Lipinski definition) is 1. The van der Waals surface area contributed by atoms with E-state index in [4.69, 9.17) is 9.84 Å². The number of aryl methyl sites for hydroxylation is 1. The predicted octanol–water partition coefficient (Wildman–Crippen LogP) is 3.79. The van der Waals surface area contributed by atoms with Gasteiger partial charge in [-0.15, -0.1) is 0 Å². The summed E-state index contributed by atoms with van der Waals surface area (Å²) < 4.78 is 19.3. The number of halogens is 1. The Balaban J connectivity index is 1.76. The number of rotatable bonds is 5. The Morgan fingerprint density at radius 3 is 2.88 bits per heavy atom. The number of nitrogens with zero attached hydrogens (tertiary/aromatic N) is 1. The van der Waals surface area contributed by atoms with Crippen molar-refractivity contribution in [3.63, 3.8) is 0 Å². The molecule has 138 valence electrons. The molecule has 1 atom stereocenters. The van der Waals surface area contributed by atoms with E-state index in [0.29, 0.717) is 19.6 Å². The number of hydrogen-bond acceptors (Lipinski definition) is 3. The molecule has 0 saturated carbocycles. The molecular formula is C21H24FNO3. The fraction of sp³-hybridized carbons (Fsp3) is 0.381. The summed E-state index contributed by atoms with van der Waals surface area (Å²) in [6.45, 7) is 6.45. The van der Waals surface area contributed by atoms with Gasteiger partial charge in [0.2, 0.25) is 0 Å². The lowest BCUT2D eigenvalue weighted by Gasteiger charge is -2.21. The molecule has 1 aliphatic rings. The largest absolute Gasteiger partial charge is 0.492 e. The number of carboxylic acid groups (broad SMARTS) is 1. The standard InChI is InChI=1S/C21H24FNO3/c1-14-3-4-16(9-15(2)21(24)25)10-17(14)12-23-7-8-26-20-6-5-19(22)11-18(20)13-23/h3-6,10-11,15H,7-9,12-13H2,1-2H3,(H,24,25). The molecule has 3 rings (SSSR count). The summed E-state index contributed by atoms with van der Waals surface area (Å²) in [5.41, 5.74) is 4.22. The first-order chi connectivity index (χ1) is 12.4.